The number of nitrogens with zero attached hydrogens (tertiary/aromatic N) is 1. The molecule has 1 fully saturated rings. The third-order valence-corrected chi connectivity index (χ3v) is 1.57. The molecule has 10 heavy (non-hydrogen) atoms. The summed E-state index contributed by atoms with van der Waals surface area (Å²) in [5.74, 6) is 0. The number of β-amino-alcohol motifs (C(OH)–C–C–N with tert-alkyl or cyclic N) is 1. The van der Waals surface area contributed by atoms with Crippen LogP contribution in [-0.2, 0) is 4.74 Å². The molecule has 3 nitrogen and oxygen atoms in total. The highest BCUT2D eigenvalue weighted by Gasteiger charge is 2.11. The van der Waals surface area contributed by atoms with E-state index < -0.39 is 6.10 Å². The Morgan fingerprint density at radius 3 is 2.60 bits per heavy atom. The lowest BCUT2D eigenvalue weighted by Crippen LogP contribution is -2.40. The van der Waals surface area contributed by atoms with Crippen molar-refractivity contribution >= 4 is 0 Å². The third-order valence-electron chi connectivity index (χ3n) is 1.57. The Morgan fingerprint density at radius 2 is 2.10 bits per heavy atom. The number of aliphatic hydroxyl groups excluding tert-OH is 1. The van der Waals surface area contributed by atoms with E-state index in [0.717, 1.165) is 26.3 Å². The number of rotatable bonds is 2. The summed E-state index contributed by atoms with van der Waals surface area (Å²) >= 11 is 0. The van der Waals surface area contributed by atoms with E-state index in [1.165, 1.54) is 0 Å². The Labute approximate surface area is 61.6 Å². The average molecular weight is 144 g/mol. The van der Waals surface area contributed by atoms with Gasteiger partial charge in [0.15, 0.2) is 0 Å². The molecule has 3 heteroatoms. The first-order valence-corrected chi connectivity index (χ1v) is 3.60. The van der Waals surface area contributed by atoms with Crippen LogP contribution in [0.25, 0.3) is 0 Å². The third kappa shape index (κ3) is 2.64. The van der Waals surface area contributed by atoms with E-state index in [4.69, 9.17) is 9.84 Å². The van der Waals surface area contributed by atoms with Crippen LogP contribution in [0.3, 0.4) is 0 Å². The van der Waals surface area contributed by atoms with Crippen LogP contribution in [0.5, 0.6) is 0 Å². The number of ether oxygens (including phenoxy) is 1. The molecular weight excluding hydrogens is 130 g/mol. The largest absolute Gasteiger partial charge is 0.392 e. The molecule has 0 saturated carbocycles. The van der Waals surface area contributed by atoms with Crippen LogP contribution in [0.15, 0.2) is 0 Å². The molecule has 0 bridgehead atoms. The van der Waals surface area contributed by atoms with Crippen molar-refractivity contribution in [2.24, 2.45) is 0 Å². The van der Waals surface area contributed by atoms with Gasteiger partial charge in [-0.25, -0.2) is 0 Å². The highest BCUT2D eigenvalue weighted by Crippen LogP contribution is 1.97. The molecule has 0 amide bonds. The summed E-state index contributed by atoms with van der Waals surface area (Å²) in [5.41, 5.74) is 0. The minimum Gasteiger partial charge on any atom is -0.392 e. The smallest absolute Gasteiger partial charge is 0.0668 e. The fourth-order valence-electron chi connectivity index (χ4n) is 1.08. The molecule has 1 aliphatic rings. The molecule has 1 radical (unpaired) electrons. The van der Waals surface area contributed by atoms with Crippen LogP contribution in [0.4, 0.5) is 0 Å². The van der Waals surface area contributed by atoms with E-state index in [1.807, 2.05) is 0 Å². The van der Waals surface area contributed by atoms with E-state index in [-0.39, 0.29) is 0 Å². The Hall–Kier alpha value is -0.120. The second-order valence-electron chi connectivity index (χ2n) is 2.57. The fraction of sp³-hybridized carbons (Fsp3) is 0.857. The summed E-state index contributed by atoms with van der Waals surface area (Å²) in [6.07, 6.45) is -0.460. The Morgan fingerprint density at radius 1 is 1.50 bits per heavy atom. The van der Waals surface area contributed by atoms with Crippen molar-refractivity contribution in [2.45, 2.75) is 6.10 Å². The lowest BCUT2D eigenvalue weighted by molar-refractivity contribution is 0.0219. The lowest BCUT2D eigenvalue weighted by Gasteiger charge is -2.27. The summed E-state index contributed by atoms with van der Waals surface area (Å²) in [7, 11) is 0. The van der Waals surface area contributed by atoms with Crippen LogP contribution in [0.1, 0.15) is 0 Å². The lowest BCUT2D eigenvalue weighted by atomic mass is 10.3. The summed E-state index contributed by atoms with van der Waals surface area (Å²) in [5, 5.41) is 8.91. The standard InChI is InChI=1S/C7H14NO2/c1-7(9)6-8-2-4-10-5-3-8/h7,9H,1-6H2/t7-/m1/s1. The van der Waals surface area contributed by atoms with Gasteiger partial charge in [0, 0.05) is 19.6 Å². The molecule has 59 valence electrons. The van der Waals surface area contributed by atoms with Gasteiger partial charge in [0.1, 0.15) is 0 Å². The maximum Gasteiger partial charge on any atom is 0.0668 e. The zero-order valence-electron chi connectivity index (χ0n) is 6.12. The summed E-state index contributed by atoms with van der Waals surface area (Å²) in [6, 6.07) is 0. The van der Waals surface area contributed by atoms with Crippen LogP contribution >= 0.6 is 0 Å². The maximum absolute atomic E-state index is 8.91. The van der Waals surface area contributed by atoms with Crippen LogP contribution in [0, 0.1) is 6.92 Å². The second kappa shape index (κ2) is 3.91. The zero-order valence-corrected chi connectivity index (χ0v) is 6.12. The van der Waals surface area contributed by atoms with E-state index in [0.29, 0.717) is 6.54 Å². The average Bonchev–Trinajstić information content (AvgIpc) is 1.88. The number of hydrogen-bond donors (Lipinski definition) is 1. The normalized spacial score (nSPS) is 24.6. The molecule has 0 aromatic carbocycles. The van der Waals surface area contributed by atoms with Gasteiger partial charge in [0.2, 0.25) is 0 Å². The molecule has 1 atom stereocenters. The molecule has 0 spiro atoms. The van der Waals surface area contributed by atoms with Gasteiger partial charge in [-0.05, 0) is 6.92 Å². The van der Waals surface area contributed by atoms with E-state index in [9.17, 15) is 0 Å². The fourth-order valence-corrected chi connectivity index (χ4v) is 1.08. The molecule has 1 saturated heterocycles. The Kier molecular flexibility index (Phi) is 3.12. The SMILES string of the molecule is [CH2][C@@H](O)CN1CCOCC1. The summed E-state index contributed by atoms with van der Waals surface area (Å²) in [4.78, 5) is 2.15. The van der Waals surface area contributed by atoms with Gasteiger partial charge in [0.05, 0.1) is 19.3 Å². The number of morpholine rings is 1. The molecule has 0 unspecified atom stereocenters. The van der Waals surface area contributed by atoms with Gasteiger partial charge in [-0.3, -0.25) is 4.90 Å². The maximum atomic E-state index is 8.91. The van der Waals surface area contributed by atoms with Crippen molar-refractivity contribution in [1.29, 1.82) is 0 Å². The first-order valence-electron chi connectivity index (χ1n) is 3.60. The van der Waals surface area contributed by atoms with Crippen molar-refractivity contribution in [3.05, 3.63) is 6.92 Å². The summed E-state index contributed by atoms with van der Waals surface area (Å²) in [6.45, 7) is 7.59. The van der Waals surface area contributed by atoms with Gasteiger partial charge >= 0.3 is 0 Å². The number of hydrogen-bond acceptors (Lipinski definition) is 3. The summed E-state index contributed by atoms with van der Waals surface area (Å²) < 4.78 is 5.14. The molecule has 0 aromatic heterocycles. The van der Waals surface area contributed by atoms with Gasteiger partial charge in [0.25, 0.3) is 0 Å². The van der Waals surface area contributed by atoms with E-state index in [1.54, 1.807) is 0 Å². The first-order chi connectivity index (χ1) is 4.79. The Balaban J connectivity index is 2.13. The van der Waals surface area contributed by atoms with Gasteiger partial charge in [-0.2, -0.15) is 0 Å². The van der Waals surface area contributed by atoms with Crippen molar-refractivity contribution < 1.29 is 9.84 Å². The second-order valence-corrected chi connectivity index (χ2v) is 2.57. The predicted octanol–water partition coefficient (Wildman–Crippen LogP) is -0.486. The van der Waals surface area contributed by atoms with Gasteiger partial charge in [-0.15, -0.1) is 0 Å². The van der Waals surface area contributed by atoms with Crippen molar-refractivity contribution in [1.82, 2.24) is 4.90 Å². The van der Waals surface area contributed by atoms with Crippen molar-refractivity contribution in [3.63, 3.8) is 0 Å². The number of aliphatic hydroxyl groups is 1. The molecule has 0 aromatic rings. The van der Waals surface area contributed by atoms with Crippen LogP contribution < -0.4 is 0 Å². The molecule has 1 rings (SSSR count). The molecule has 1 N–H and O–H groups in total. The van der Waals surface area contributed by atoms with E-state index >= 15 is 0 Å². The quantitative estimate of drug-likeness (QED) is 0.568. The first kappa shape index (κ1) is 7.98. The van der Waals surface area contributed by atoms with Crippen molar-refractivity contribution in [2.75, 3.05) is 32.8 Å². The highest BCUT2D eigenvalue weighted by molar-refractivity contribution is 4.67. The monoisotopic (exact) mass is 144 g/mol. The van der Waals surface area contributed by atoms with E-state index in [2.05, 4.69) is 11.8 Å². The molecule has 1 aliphatic heterocycles. The zero-order chi connectivity index (χ0) is 7.40. The van der Waals surface area contributed by atoms with Gasteiger partial charge in [-0.1, -0.05) is 0 Å². The minimum atomic E-state index is -0.460. The van der Waals surface area contributed by atoms with Gasteiger partial charge < -0.3 is 9.84 Å². The molecular formula is C7H14NO2. The minimum absolute atomic E-state index is 0.460. The topological polar surface area (TPSA) is 32.7 Å². The van der Waals surface area contributed by atoms with Crippen LogP contribution in [-0.4, -0.2) is 49.0 Å². The van der Waals surface area contributed by atoms with Crippen LogP contribution in [0.2, 0.25) is 0 Å². The van der Waals surface area contributed by atoms with Crippen molar-refractivity contribution in [3.8, 4) is 0 Å². The molecule has 1 heterocycles. The Bertz CT molecular complexity index is 89.6. The molecule has 0 aliphatic carbocycles. The predicted molar refractivity (Wildman–Crippen MR) is 38.6 cm³/mol. The highest BCUT2D eigenvalue weighted by atomic mass is 16.5.